The molecular weight excluding hydrogens is 282 g/mol. The fourth-order valence-electron chi connectivity index (χ4n) is 2.54. The van der Waals surface area contributed by atoms with Gasteiger partial charge in [0.25, 0.3) is 0 Å². The van der Waals surface area contributed by atoms with E-state index in [2.05, 4.69) is 6.07 Å². The van der Waals surface area contributed by atoms with Crippen LogP contribution in [-0.4, -0.2) is 29.6 Å². The van der Waals surface area contributed by atoms with Gasteiger partial charge in [-0.3, -0.25) is 4.79 Å². The van der Waals surface area contributed by atoms with E-state index in [0.29, 0.717) is 6.42 Å². The van der Waals surface area contributed by atoms with Crippen molar-refractivity contribution in [2.24, 2.45) is 16.7 Å². The van der Waals surface area contributed by atoms with Crippen molar-refractivity contribution in [2.75, 3.05) is 0 Å². The van der Waals surface area contributed by atoms with Crippen molar-refractivity contribution >= 4 is 5.97 Å². The van der Waals surface area contributed by atoms with Gasteiger partial charge >= 0.3 is 5.97 Å². The van der Waals surface area contributed by atoms with Crippen LogP contribution in [0.4, 0.5) is 0 Å². The van der Waals surface area contributed by atoms with Gasteiger partial charge in [-0.1, -0.05) is 47.5 Å². The molecule has 1 aliphatic heterocycles. The first-order valence-corrected chi connectivity index (χ1v) is 8.09. The third kappa shape index (κ3) is 3.28. The van der Waals surface area contributed by atoms with Gasteiger partial charge in [0.05, 0.1) is 6.07 Å². The molecule has 1 fully saturated rings. The van der Waals surface area contributed by atoms with Crippen LogP contribution in [-0.2, 0) is 14.3 Å². The Morgan fingerprint density at radius 2 is 2.09 bits per heavy atom. The van der Waals surface area contributed by atoms with E-state index in [1.807, 2.05) is 34.6 Å². The molecule has 1 N–H and O–H groups in total. The summed E-state index contributed by atoms with van der Waals surface area (Å²) >= 11 is 0. The molecule has 0 saturated carbocycles. The summed E-state index contributed by atoms with van der Waals surface area (Å²) in [6.45, 7) is 11.5. The Morgan fingerprint density at radius 3 is 2.55 bits per heavy atom. The Labute approximate surface area is 133 Å². The predicted molar refractivity (Wildman–Crippen MR) is 82.6 cm³/mol. The minimum Gasteiger partial charge on any atom is -0.459 e. The Bertz CT molecular complexity index is 440. The number of cyclic esters (lactones) is 1. The average molecular weight is 311 g/mol. The largest absolute Gasteiger partial charge is 0.459 e. The van der Waals surface area contributed by atoms with Gasteiger partial charge in [-0.25, -0.2) is 0 Å². The molecule has 1 rings (SSSR count). The fraction of sp³-hybridized carbons (Fsp3) is 0.882. The minimum absolute atomic E-state index is 0.183. The highest BCUT2D eigenvalue weighted by Crippen LogP contribution is 2.43. The number of aliphatic hydroxyl groups is 1. The van der Waals surface area contributed by atoms with E-state index in [1.165, 1.54) is 0 Å². The molecule has 126 valence electrons. The van der Waals surface area contributed by atoms with E-state index in [9.17, 15) is 15.2 Å². The number of hydrogen-bond acceptors (Lipinski definition) is 5. The molecule has 1 heterocycles. The Balaban J connectivity index is 3.03. The molecule has 0 bridgehead atoms. The van der Waals surface area contributed by atoms with Crippen molar-refractivity contribution in [3.05, 3.63) is 0 Å². The van der Waals surface area contributed by atoms with Crippen LogP contribution < -0.4 is 0 Å². The van der Waals surface area contributed by atoms with Gasteiger partial charge in [0.2, 0.25) is 0 Å². The molecule has 0 amide bonds. The van der Waals surface area contributed by atoms with E-state index >= 15 is 0 Å². The first kappa shape index (κ1) is 18.9. The second-order valence-electron chi connectivity index (χ2n) is 7.18. The summed E-state index contributed by atoms with van der Waals surface area (Å²) in [5.41, 5.74) is -1.80. The van der Waals surface area contributed by atoms with E-state index in [-0.39, 0.29) is 5.92 Å². The molecule has 4 unspecified atom stereocenters. The lowest BCUT2D eigenvalue weighted by Crippen LogP contribution is -2.46. The molecule has 1 aliphatic rings. The molecule has 22 heavy (non-hydrogen) atoms. The van der Waals surface area contributed by atoms with Crippen molar-refractivity contribution in [1.29, 1.82) is 5.26 Å². The van der Waals surface area contributed by atoms with Gasteiger partial charge in [0.15, 0.2) is 11.7 Å². The lowest BCUT2D eigenvalue weighted by molar-refractivity contribution is -0.221. The Morgan fingerprint density at radius 1 is 1.50 bits per heavy atom. The summed E-state index contributed by atoms with van der Waals surface area (Å²) < 4.78 is 11.1. The first-order valence-electron chi connectivity index (χ1n) is 8.09. The summed E-state index contributed by atoms with van der Waals surface area (Å²) in [6.07, 6.45) is -0.352. The van der Waals surface area contributed by atoms with Crippen molar-refractivity contribution < 1.29 is 19.4 Å². The summed E-state index contributed by atoms with van der Waals surface area (Å²) in [5.74, 6) is -0.349. The van der Waals surface area contributed by atoms with Gasteiger partial charge in [-0.2, -0.15) is 5.26 Å². The molecule has 1 saturated heterocycles. The summed E-state index contributed by atoms with van der Waals surface area (Å²) in [5, 5.41) is 20.1. The zero-order valence-electron chi connectivity index (χ0n) is 14.5. The number of hydrogen-bond donors (Lipinski definition) is 1. The maximum absolute atomic E-state index is 12.2. The fourth-order valence-corrected chi connectivity index (χ4v) is 2.54. The molecule has 5 heteroatoms. The molecule has 5 nitrogen and oxygen atoms in total. The minimum atomic E-state index is -1.32. The number of carbonyl (C=O) groups is 1. The van der Waals surface area contributed by atoms with Crippen LogP contribution in [0.2, 0.25) is 0 Å². The number of aliphatic hydroxyl groups excluding tert-OH is 1. The Kier molecular flexibility index (Phi) is 6.00. The predicted octanol–water partition coefficient (Wildman–Crippen LogP) is 3.02. The van der Waals surface area contributed by atoms with E-state index in [4.69, 9.17) is 9.47 Å². The normalized spacial score (nSPS) is 30.2. The van der Waals surface area contributed by atoms with Gasteiger partial charge in [-0.15, -0.1) is 0 Å². The number of esters is 1. The van der Waals surface area contributed by atoms with Crippen molar-refractivity contribution in [1.82, 2.24) is 0 Å². The van der Waals surface area contributed by atoms with Gasteiger partial charge in [0, 0.05) is 5.41 Å². The molecule has 0 radical (unpaired) electrons. The number of ether oxygens (including phenoxy) is 2. The number of unbranched alkanes of at least 4 members (excludes halogenated alkanes) is 1. The number of carbonyl (C=O) groups excluding carboxylic acids is 1. The highest BCUT2D eigenvalue weighted by molar-refractivity contribution is 5.83. The zero-order chi connectivity index (χ0) is 17.1. The number of nitriles is 1. The Hall–Kier alpha value is -1.12. The standard InChI is InChI=1S/C17H29NO4/c1-7-8-9-17(10-18)13(12(4)21-15(17)20)22-14(19)16(5,6)11(2)3/h11-14,19H,7-9H2,1-6H3. The maximum Gasteiger partial charge on any atom is 0.329 e. The lowest BCUT2D eigenvalue weighted by atomic mass is 9.77. The highest BCUT2D eigenvalue weighted by atomic mass is 16.6. The number of rotatable bonds is 7. The average Bonchev–Trinajstić information content (AvgIpc) is 2.68. The first-order chi connectivity index (χ1) is 10.1. The van der Waals surface area contributed by atoms with Crippen LogP contribution >= 0.6 is 0 Å². The van der Waals surface area contributed by atoms with Crippen molar-refractivity contribution in [3.63, 3.8) is 0 Å². The number of nitrogens with zero attached hydrogens (tertiary/aromatic N) is 1. The zero-order valence-corrected chi connectivity index (χ0v) is 14.5. The summed E-state index contributed by atoms with van der Waals surface area (Å²) in [6, 6.07) is 2.12. The van der Waals surface area contributed by atoms with Crippen molar-refractivity contribution in [3.8, 4) is 6.07 Å². The molecule has 0 aliphatic carbocycles. The summed E-state index contributed by atoms with van der Waals surface area (Å²) in [7, 11) is 0. The maximum atomic E-state index is 12.2. The van der Waals surface area contributed by atoms with Crippen molar-refractivity contribution in [2.45, 2.75) is 79.3 Å². The van der Waals surface area contributed by atoms with Crippen LogP contribution in [0.25, 0.3) is 0 Å². The second kappa shape index (κ2) is 6.97. The second-order valence-corrected chi connectivity index (χ2v) is 7.18. The molecular formula is C17H29NO4. The topological polar surface area (TPSA) is 79.6 Å². The third-order valence-corrected chi connectivity index (χ3v) is 5.09. The van der Waals surface area contributed by atoms with Crippen LogP contribution in [0.15, 0.2) is 0 Å². The van der Waals surface area contributed by atoms with Crippen LogP contribution in [0.3, 0.4) is 0 Å². The SMILES string of the molecule is CCCCC1(C#N)C(=O)OC(C)C1OC(O)C(C)(C)C(C)C. The van der Waals surface area contributed by atoms with Gasteiger partial charge in [-0.05, 0) is 19.3 Å². The van der Waals surface area contributed by atoms with E-state index in [0.717, 1.165) is 12.8 Å². The lowest BCUT2D eigenvalue weighted by Gasteiger charge is -2.37. The molecule has 0 aromatic carbocycles. The highest BCUT2D eigenvalue weighted by Gasteiger charge is 2.58. The van der Waals surface area contributed by atoms with Crippen LogP contribution in [0.1, 0.15) is 60.8 Å². The summed E-state index contributed by atoms with van der Waals surface area (Å²) in [4.78, 5) is 12.2. The van der Waals surface area contributed by atoms with Gasteiger partial charge in [0.1, 0.15) is 12.2 Å². The van der Waals surface area contributed by atoms with Crippen LogP contribution in [0.5, 0.6) is 0 Å². The van der Waals surface area contributed by atoms with E-state index in [1.54, 1.807) is 6.92 Å². The van der Waals surface area contributed by atoms with E-state index < -0.39 is 35.3 Å². The van der Waals surface area contributed by atoms with Gasteiger partial charge < -0.3 is 14.6 Å². The monoisotopic (exact) mass is 311 g/mol. The van der Waals surface area contributed by atoms with Crippen LogP contribution in [0, 0.1) is 28.1 Å². The molecule has 4 atom stereocenters. The molecule has 0 aromatic heterocycles. The third-order valence-electron chi connectivity index (χ3n) is 5.09. The quantitative estimate of drug-likeness (QED) is 0.577. The smallest absolute Gasteiger partial charge is 0.329 e. The molecule has 0 aromatic rings. The molecule has 0 spiro atoms.